The van der Waals surface area contributed by atoms with Crippen molar-refractivity contribution in [3.05, 3.63) is 16.3 Å². The topological polar surface area (TPSA) is 65.9 Å². The Bertz CT molecular complexity index is 593. The van der Waals surface area contributed by atoms with Crippen LogP contribution in [-0.2, 0) is 4.79 Å². The molecule has 0 aliphatic heterocycles. The number of carbonyl (C=O) groups excluding carboxylic acids is 1. The lowest BCUT2D eigenvalue weighted by Gasteiger charge is -2.05. The van der Waals surface area contributed by atoms with Crippen LogP contribution in [0.5, 0.6) is 0 Å². The molecule has 17 heavy (non-hydrogen) atoms. The summed E-state index contributed by atoms with van der Waals surface area (Å²) in [6.45, 7) is 5.85. The molecule has 0 saturated heterocycles. The smallest absolute Gasteiger partial charge is 0.128 e. The Hall–Kier alpha value is -1.14. The van der Waals surface area contributed by atoms with E-state index in [1.807, 2.05) is 20.8 Å². The first-order valence-corrected chi connectivity index (χ1v) is 6.86. The molecule has 0 atom stereocenters. The van der Waals surface area contributed by atoms with Gasteiger partial charge in [-0.3, -0.25) is 0 Å². The van der Waals surface area contributed by atoms with Crippen molar-refractivity contribution in [3.63, 3.8) is 0 Å². The van der Waals surface area contributed by atoms with Crippen LogP contribution >= 0.6 is 23.1 Å². The van der Waals surface area contributed by atoms with Gasteiger partial charge in [0.2, 0.25) is 0 Å². The third-order valence-electron chi connectivity index (χ3n) is 2.43. The van der Waals surface area contributed by atoms with Gasteiger partial charge in [0.1, 0.15) is 15.7 Å². The molecule has 4 nitrogen and oxygen atoms in total. The van der Waals surface area contributed by atoms with Gasteiger partial charge in [-0.15, -0.1) is 11.3 Å². The summed E-state index contributed by atoms with van der Waals surface area (Å²) in [5, 5.41) is 12.2. The lowest BCUT2D eigenvalue weighted by atomic mass is 10.2. The quantitative estimate of drug-likeness (QED) is 0.622. The second-order valence-electron chi connectivity index (χ2n) is 3.70. The Balaban J connectivity index is 2.55. The fourth-order valence-corrected chi connectivity index (χ4v) is 3.53. The molecule has 0 aromatic carbocycles. The molecular weight excluding hydrogens is 256 g/mol. The molecule has 2 aromatic heterocycles. The van der Waals surface area contributed by atoms with Gasteiger partial charge in [0.05, 0.1) is 5.97 Å². The number of aromatic nitrogens is 2. The van der Waals surface area contributed by atoms with Crippen molar-refractivity contribution in [2.45, 2.75) is 25.8 Å². The molecule has 0 unspecified atom stereocenters. The molecule has 2 aromatic rings. The number of hydrogen-bond donors (Lipinski definition) is 0. The third-order valence-corrected chi connectivity index (χ3v) is 4.48. The van der Waals surface area contributed by atoms with Crippen LogP contribution < -0.4 is 5.11 Å². The van der Waals surface area contributed by atoms with Gasteiger partial charge in [0.15, 0.2) is 0 Å². The Kier molecular flexibility index (Phi) is 3.35. The predicted molar refractivity (Wildman–Crippen MR) is 67.4 cm³/mol. The number of rotatable bonds is 3. The Morgan fingerprint density at radius 3 is 2.71 bits per heavy atom. The van der Waals surface area contributed by atoms with E-state index in [4.69, 9.17) is 0 Å². The maximum Gasteiger partial charge on any atom is 0.128 e. The summed E-state index contributed by atoms with van der Waals surface area (Å²) in [6.07, 6.45) is 0. The van der Waals surface area contributed by atoms with Crippen LogP contribution in [0.4, 0.5) is 0 Å². The van der Waals surface area contributed by atoms with Gasteiger partial charge < -0.3 is 9.90 Å². The van der Waals surface area contributed by atoms with Gasteiger partial charge in [-0.1, -0.05) is 11.8 Å². The molecule has 0 radical (unpaired) electrons. The SMILES string of the molecule is Cc1nc(SCC(=O)[O-])c2c(C)c(C)sc2n1. The number of carboxylic acid groups (broad SMARTS) is 1. The number of carboxylic acids is 1. The van der Waals surface area contributed by atoms with Gasteiger partial charge in [-0.25, -0.2) is 9.97 Å². The molecule has 2 rings (SSSR count). The second kappa shape index (κ2) is 4.62. The fraction of sp³-hybridized carbons (Fsp3) is 0.364. The third kappa shape index (κ3) is 2.42. The van der Waals surface area contributed by atoms with Gasteiger partial charge in [-0.05, 0) is 26.3 Å². The number of fused-ring (bicyclic) bond motifs is 1. The molecule has 2 heterocycles. The van der Waals surface area contributed by atoms with E-state index in [-0.39, 0.29) is 5.75 Å². The Labute approximate surface area is 107 Å². The Morgan fingerprint density at radius 2 is 2.06 bits per heavy atom. The second-order valence-corrected chi connectivity index (χ2v) is 5.87. The van der Waals surface area contributed by atoms with Crippen molar-refractivity contribution in [3.8, 4) is 0 Å². The van der Waals surface area contributed by atoms with E-state index < -0.39 is 5.97 Å². The number of carbonyl (C=O) groups is 1. The average Bonchev–Trinajstić information content (AvgIpc) is 2.51. The van der Waals surface area contributed by atoms with E-state index in [9.17, 15) is 9.90 Å². The summed E-state index contributed by atoms with van der Waals surface area (Å²) in [4.78, 5) is 21.3. The van der Waals surface area contributed by atoms with E-state index >= 15 is 0 Å². The number of thioether (sulfide) groups is 1. The number of thiophene rings is 1. The minimum absolute atomic E-state index is 0.0834. The van der Waals surface area contributed by atoms with Crippen LogP contribution in [0.25, 0.3) is 10.2 Å². The first-order valence-electron chi connectivity index (χ1n) is 5.06. The van der Waals surface area contributed by atoms with Crippen LogP contribution in [0.3, 0.4) is 0 Å². The summed E-state index contributed by atoms with van der Waals surface area (Å²) in [6, 6.07) is 0. The molecule has 90 valence electrons. The zero-order valence-electron chi connectivity index (χ0n) is 9.73. The molecular formula is C11H11N2O2S2-. The van der Waals surface area contributed by atoms with Crippen molar-refractivity contribution in [2.24, 2.45) is 0 Å². The lowest BCUT2D eigenvalue weighted by molar-refractivity contribution is -0.301. The van der Waals surface area contributed by atoms with Crippen molar-refractivity contribution in [2.75, 3.05) is 5.75 Å². The highest BCUT2D eigenvalue weighted by Gasteiger charge is 2.13. The summed E-state index contributed by atoms with van der Waals surface area (Å²) < 4.78 is 0. The molecule has 6 heteroatoms. The highest BCUT2D eigenvalue weighted by atomic mass is 32.2. The molecule has 0 spiro atoms. The van der Waals surface area contributed by atoms with Crippen molar-refractivity contribution in [1.29, 1.82) is 0 Å². The minimum Gasteiger partial charge on any atom is -0.549 e. The molecule has 0 bridgehead atoms. The number of nitrogens with zero attached hydrogens (tertiary/aromatic N) is 2. The maximum absolute atomic E-state index is 10.5. The van der Waals surface area contributed by atoms with Crippen molar-refractivity contribution in [1.82, 2.24) is 9.97 Å². The first kappa shape index (κ1) is 12.3. The predicted octanol–water partition coefficient (Wildman–Crippen LogP) is 1.46. The summed E-state index contributed by atoms with van der Waals surface area (Å²) in [5.74, 6) is -0.497. The van der Waals surface area contributed by atoms with E-state index in [2.05, 4.69) is 9.97 Å². The van der Waals surface area contributed by atoms with E-state index in [0.29, 0.717) is 5.82 Å². The maximum atomic E-state index is 10.5. The summed E-state index contributed by atoms with van der Waals surface area (Å²) >= 11 is 2.81. The van der Waals surface area contributed by atoms with E-state index in [1.165, 1.54) is 16.6 Å². The van der Waals surface area contributed by atoms with Crippen molar-refractivity contribution >= 4 is 39.3 Å². The van der Waals surface area contributed by atoms with Gasteiger partial charge in [-0.2, -0.15) is 0 Å². The van der Waals surface area contributed by atoms with E-state index in [1.54, 1.807) is 11.3 Å². The van der Waals surface area contributed by atoms with Crippen molar-refractivity contribution < 1.29 is 9.90 Å². The fourth-order valence-electron chi connectivity index (χ4n) is 1.55. The highest BCUT2D eigenvalue weighted by Crippen LogP contribution is 2.34. The van der Waals surface area contributed by atoms with Crippen LogP contribution in [0.1, 0.15) is 16.3 Å². The van der Waals surface area contributed by atoms with Gasteiger partial charge >= 0.3 is 0 Å². The Morgan fingerprint density at radius 1 is 1.35 bits per heavy atom. The number of aryl methyl sites for hydroxylation is 3. The average molecular weight is 267 g/mol. The van der Waals surface area contributed by atoms with Gasteiger partial charge in [0.25, 0.3) is 0 Å². The molecule has 0 aliphatic rings. The van der Waals surface area contributed by atoms with E-state index in [0.717, 1.165) is 20.8 Å². The molecule has 0 N–H and O–H groups in total. The highest BCUT2D eigenvalue weighted by molar-refractivity contribution is 8.00. The minimum atomic E-state index is -1.08. The molecule has 0 aliphatic carbocycles. The summed E-state index contributed by atoms with van der Waals surface area (Å²) in [7, 11) is 0. The largest absolute Gasteiger partial charge is 0.549 e. The lowest BCUT2D eigenvalue weighted by Crippen LogP contribution is -2.24. The number of hydrogen-bond acceptors (Lipinski definition) is 6. The normalized spacial score (nSPS) is 11.0. The molecule has 0 fully saturated rings. The summed E-state index contributed by atoms with van der Waals surface area (Å²) in [5.41, 5.74) is 1.13. The number of aliphatic carboxylic acids is 1. The standard InChI is InChI=1S/C11H12N2O2S2/c1-5-6(2)17-11-9(5)10(12-7(3)13-11)16-4-8(14)15/h4H2,1-3H3,(H,14,15)/p-1. The van der Waals surface area contributed by atoms with Crippen LogP contribution in [0.15, 0.2) is 5.03 Å². The van der Waals surface area contributed by atoms with Crippen LogP contribution in [0, 0.1) is 20.8 Å². The zero-order valence-corrected chi connectivity index (χ0v) is 11.4. The zero-order chi connectivity index (χ0) is 12.6. The van der Waals surface area contributed by atoms with Gasteiger partial charge in [0, 0.05) is 16.0 Å². The monoisotopic (exact) mass is 267 g/mol. The molecule has 0 amide bonds. The molecule has 0 saturated carbocycles. The van der Waals surface area contributed by atoms with Crippen LogP contribution in [0.2, 0.25) is 0 Å². The first-order chi connectivity index (χ1) is 7.99. The van der Waals surface area contributed by atoms with Crippen LogP contribution in [-0.4, -0.2) is 21.7 Å².